The van der Waals surface area contributed by atoms with E-state index in [0.717, 1.165) is 11.3 Å². The Hall–Kier alpha value is 0.01000. The molecule has 0 unspecified atom stereocenters. The molecule has 0 fully saturated rings. The van der Waals surface area contributed by atoms with E-state index in [2.05, 4.69) is 6.07 Å². The maximum Gasteiger partial charge on any atom is 0.226 e. The second kappa shape index (κ2) is 3.40. The largest absolute Gasteiger partial charge is 0.281 e. The molecule has 2 heterocycles. The van der Waals surface area contributed by atoms with Crippen molar-refractivity contribution in [1.29, 1.82) is 0 Å². The van der Waals surface area contributed by atoms with Gasteiger partial charge in [0.1, 0.15) is 0 Å². The Bertz CT molecular complexity index is 297. The number of thiophene rings is 1. The van der Waals surface area contributed by atoms with Crippen LogP contribution in [0.1, 0.15) is 9.75 Å². The Balaban J connectivity index is 2.20. The normalized spacial score (nSPS) is 14.8. The van der Waals surface area contributed by atoms with Crippen LogP contribution in [0.25, 0.3) is 0 Å². The quantitative estimate of drug-likeness (QED) is 0.711. The third kappa shape index (κ3) is 1.68. The lowest BCUT2D eigenvalue weighted by Crippen LogP contribution is -1.89. The molecule has 0 spiro atoms. The van der Waals surface area contributed by atoms with Gasteiger partial charge in [0.05, 0.1) is 6.42 Å². The fourth-order valence-corrected chi connectivity index (χ4v) is 4.04. The monoisotopic (exact) mass is 218 g/mol. The molecule has 0 aromatic carbocycles. The van der Waals surface area contributed by atoms with Crippen LogP contribution in [0.3, 0.4) is 0 Å². The summed E-state index contributed by atoms with van der Waals surface area (Å²) in [4.78, 5) is 14.5. The van der Waals surface area contributed by atoms with E-state index < -0.39 is 0 Å². The minimum atomic E-state index is -0.264. The number of fused-ring (bicyclic) bond motifs is 1. The van der Waals surface area contributed by atoms with E-state index in [-0.39, 0.29) is 5.24 Å². The van der Waals surface area contributed by atoms with Crippen molar-refractivity contribution in [3.05, 3.63) is 15.8 Å². The third-order valence-electron chi connectivity index (χ3n) is 1.72. The zero-order valence-corrected chi connectivity index (χ0v) is 8.69. The Labute approximate surface area is 84.1 Å². The van der Waals surface area contributed by atoms with Gasteiger partial charge in [-0.3, -0.25) is 4.79 Å². The van der Waals surface area contributed by atoms with Crippen LogP contribution in [-0.4, -0.2) is 11.0 Å². The molecule has 1 aromatic heterocycles. The zero-order chi connectivity index (χ0) is 8.55. The number of hydrogen-bond donors (Lipinski definition) is 0. The van der Waals surface area contributed by atoms with E-state index in [1.807, 2.05) is 11.8 Å². The molecule has 0 N–H and O–H groups in total. The number of carbonyl (C=O) groups is 1. The van der Waals surface area contributed by atoms with Gasteiger partial charge >= 0.3 is 0 Å². The molecule has 0 aliphatic carbocycles. The summed E-state index contributed by atoms with van der Waals surface area (Å²) in [6.07, 6.45) is 1.54. The van der Waals surface area contributed by atoms with E-state index in [0.29, 0.717) is 6.42 Å². The first kappa shape index (κ1) is 8.60. The number of aryl methyl sites for hydroxylation is 1. The molecule has 1 aliphatic rings. The highest BCUT2D eigenvalue weighted by Gasteiger charge is 2.16. The van der Waals surface area contributed by atoms with E-state index >= 15 is 0 Å². The van der Waals surface area contributed by atoms with Crippen molar-refractivity contribution >= 4 is 39.9 Å². The molecule has 2 rings (SSSR count). The minimum Gasteiger partial charge on any atom is -0.281 e. The first-order chi connectivity index (χ1) is 5.75. The van der Waals surface area contributed by atoms with Crippen molar-refractivity contribution in [3.8, 4) is 0 Å². The van der Waals surface area contributed by atoms with Crippen LogP contribution in [-0.2, 0) is 17.6 Å². The number of hydrogen-bond acceptors (Lipinski definition) is 3. The Morgan fingerprint density at radius 2 is 2.50 bits per heavy atom. The smallest absolute Gasteiger partial charge is 0.226 e. The van der Waals surface area contributed by atoms with Gasteiger partial charge in [0.25, 0.3) is 0 Å². The predicted octanol–water partition coefficient (Wildman–Crippen LogP) is 2.70. The zero-order valence-electron chi connectivity index (χ0n) is 6.30. The lowest BCUT2D eigenvalue weighted by atomic mass is 10.3. The van der Waals surface area contributed by atoms with Gasteiger partial charge in [-0.25, -0.2) is 0 Å². The van der Waals surface area contributed by atoms with Crippen molar-refractivity contribution in [1.82, 2.24) is 0 Å². The summed E-state index contributed by atoms with van der Waals surface area (Å²) >= 11 is 8.89. The van der Waals surface area contributed by atoms with E-state index in [9.17, 15) is 4.79 Å². The standard InChI is InChI=1S/C8H7ClOS2/c9-8(10)4-5-3-7-6(12-5)1-2-11-7/h3H,1-2,4H2. The van der Waals surface area contributed by atoms with Gasteiger partial charge in [-0.2, -0.15) is 0 Å². The molecule has 12 heavy (non-hydrogen) atoms. The van der Waals surface area contributed by atoms with Crippen molar-refractivity contribution in [2.75, 3.05) is 5.75 Å². The summed E-state index contributed by atoms with van der Waals surface area (Å²) < 4.78 is 0. The van der Waals surface area contributed by atoms with Gasteiger partial charge < -0.3 is 0 Å². The number of rotatable bonds is 2. The van der Waals surface area contributed by atoms with Crippen LogP contribution in [0.5, 0.6) is 0 Å². The average molecular weight is 219 g/mol. The molecule has 0 radical (unpaired) electrons. The van der Waals surface area contributed by atoms with Crippen LogP contribution in [0, 0.1) is 0 Å². The van der Waals surface area contributed by atoms with Crippen LogP contribution in [0.4, 0.5) is 0 Å². The van der Waals surface area contributed by atoms with E-state index in [1.165, 1.54) is 15.5 Å². The lowest BCUT2D eigenvalue weighted by molar-refractivity contribution is -0.111. The molecular formula is C8H7ClOS2. The molecule has 0 saturated heterocycles. The lowest BCUT2D eigenvalue weighted by Gasteiger charge is -1.88. The van der Waals surface area contributed by atoms with Crippen molar-refractivity contribution in [2.45, 2.75) is 17.7 Å². The summed E-state index contributed by atoms with van der Waals surface area (Å²) in [6.45, 7) is 0. The van der Waals surface area contributed by atoms with Gasteiger partial charge in [0.2, 0.25) is 5.24 Å². The molecule has 0 atom stereocenters. The molecule has 4 heteroatoms. The van der Waals surface area contributed by atoms with Gasteiger partial charge in [-0.05, 0) is 24.1 Å². The molecule has 0 amide bonds. The highest BCUT2D eigenvalue weighted by molar-refractivity contribution is 7.99. The summed E-state index contributed by atoms with van der Waals surface area (Å²) in [5, 5.41) is -0.264. The van der Waals surface area contributed by atoms with Gasteiger partial charge in [-0.15, -0.1) is 23.1 Å². The number of carbonyl (C=O) groups excluding carboxylic acids is 1. The Kier molecular flexibility index (Phi) is 2.44. The fraction of sp³-hybridized carbons (Fsp3) is 0.375. The second-order valence-electron chi connectivity index (χ2n) is 2.63. The topological polar surface area (TPSA) is 17.1 Å². The molecule has 0 saturated carbocycles. The summed E-state index contributed by atoms with van der Waals surface area (Å²) in [5.74, 6) is 1.19. The second-order valence-corrected chi connectivity index (χ2v) is 5.41. The van der Waals surface area contributed by atoms with E-state index in [1.54, 1.807) is 11.3 Å². The maximum atomic E-state index is 10.6. The SMILES string of the molecule is O=C(Cl)Cc1cc2c(s1)CCS2. The van der Waals surface area contributed by atoms with Crippen LogP contribution in [0.2, 0.25) is 0 Å². The van der Waals surface area contributed by atoms with Crippen LogP contribution < -0.4 is 0 Å². The highest BCUT2D eigenvalue weighted by Crippen LogP contribution is 2.37. The summed E-state index contributed by atoms with van der Waals surface area (Å²) in [6, 6.07) is 2.10. The molecular weight excluding hydrogens is 212 g/mol. The van der Waals surface area contributed by atoms with Gasteiger partial charge in [-0.1, -0.05) is 0 Å². The third-order valence-corrected chi connectivity index (χ3v) is 4.26. The predicted molar refractivity (Wildman–Crippen MR) is 53.3 cm³/mol. The number of halogens is 1. The Morgan fingerprint density at radius 1 is 1.67 bits per heavy atom. The fourth-order valence-electron chi connectivity index (χ4n) is 1.24. The van der Waals surface area contributed by atoms with Crippen LogP contribution in [0.15, 0.2) is 11.0 Å². The van der Waals surface area contributed by atoms with Gasteiger partial charge in [0, 0.05) is 20.4 Å². The van der Waals surface area contributed by atoms with Gasteiger partial charge in [0.15, 0.2) is 0 Å². The summed E-state index contributed by atoms with van der Waals surface area (Å²) in [7, 11) is 0. The first-order valence-electron chi connectivity index (χ1n) is 3.68. The average Bonchev–Trinajstić information content (AvgIpc) is 2.43. The molecule has 1 nitrogen and oxygen atoms in total. The molecule has 64 valence electrons. The highest BCUT2D eigenvalue weighted by atomic mass is 35.5. The molecule has 1 aromatic rings. The molecule has 1 aliphatic heterocycles. The maximum absolute atomic E-state index is 10.6. The summed E-state index contributed by atoms with van der Waals surface area (Å²) in [5.41, 5.74) is 0. The molecule has 0 bridgehead atoms. The van der Waals surface area contributed by atoms with E-state index in [4.69, 9.17) is 11.6 Å². The van der Waals surface area contributed by atoms with Crippen molar-refractivity contribution in [2.24, 2.45) is 0 Å². The number of thioether (sulfide) groups is 1. The van der Waals surface area contributed by atoms with Crippen molar-refractivity contribution < 1.29 is 4.79 Å². The van der Waals surface area contributed by atoms with Crippen LogP contribution >= 0.6 is 34.7 Å². The minimum absolute atomic E-state index is 0.264. The first-order valence-corrected chi connectivity index (χ1v) is 5.86. The van der Waals surface area contributed by atoms with Crippen molar-refractivity contribution in [3.63, 3.8) is 0 Å². The Morgan fingerprint density at radius 3 is 3.17 bits per heavy atom.